The summed E-state index contributed by atoms with van der Waals surface area (Å²) in [6, 6.07) is 13.4. The first-order valence-corrected chi connectivity index (χ1v) is 6.57. The van der Waals surface area contributed by atoms with E-state index in [-0.39, 0.29) is 12.4 Å². The van der Waals surface area contributed by atoms with E-state index < -0.39 is 0 Å². The molecule has 2 rings (SSSR count). The number of rotatable bonds is 5. The molecule has 4 heteroatoms. The number of carbonyl (C=O) groups excluding carboxylic acids is 1. The number of carbonyl (C=O) groups is 1. The van der Waals surface area contributed by atoms with Crippen molar-refractivity contribution in [3.63, 3.8) is 0 Å². The van der Waals surface area contributed by atoms with Crippen molar-refractivity contribution >= 4 is 5.97 Å². The van der Waals surface area contributed by atoms with Crippen LogP contribution in [0.3, 0.4) is 0 Å². The van der Waals surface area contributed by atoms with Crippen molar-refractivity contribution in [3.05, 3.63) is 48.0 Å². The molecule has 0 aliphatic heterocycles. The van der Waals surface area contributed by atoms with Gasteiger partial charge in [-0.2, -0.15) is 0 Å². The van der Waals surface area contributed by atoms with Crippen molar-refractivity contribution in [3.8, 4) is 22.6 Å². The van der Waals surface area contributed by atoms with Gasteiger partial charge in [0, 0.05) is 5.56 Å². The maximum Gasteiger partial charge on any atom is 0.310 e. The Morgan fingerprint density at radius 2 is 1.67 bits per heavy atom. The van der Waals surface area contributed by atoms with Gasteiger partial charge in [0.2, 0.25) is 0 Å². The second-order valence-electron chi connectivity index (χ2n) is 4.45. The van der Waals surface area contributed by atoms with Gasteiger partial charge in [-0.05, 0) is 17.2 Å². The van der Waals surface area contributed by atoms with Crippen LogP contribution in [0.4, 0.5) is 0 Å². The number of ether oxygens (including phenoxy) is 3. The van der Waals surface area contributed by atoms with Gasteiger partial charge >= 0.3 is 5.97 Å². The van der Waals surface area contributed by atoms with Crippen LogP contribution >= 0.6 is 0 Å². The van der Waals surface area contributed by atoms with Gasteiger partial charge in [0.25, 0.3) is 0 Å². The molecular formula is C17H18O4. The first-order valence-electron chi connectivity index (χ1n) is 6.57. The van der Waals surface area contributed by atoms with E-state index >= 15 is 0 Å². The highest BCUT2D eigenvalue weighted by Crippen LogP contribution is 2.40. The Bertz CT molecular complexity index is 620. The number of esters is 1. The average molecular weight is 286 g/mol. The summed E-state index contributed by atoms with van der Waals surface area (Å²) in [5, 5.41) is 0. The molecule has 21 heavy (non-hydrogen) atoms. The molecule has 2 aromatic carbocycles. The fraction of sp³-hybridized carbons (Fsp3) is 0.235. The Morgan fingerprint density at radius 3 is 2.24 bits per heavy atom. The normalized spacial score (nSPS) is 10.0. The van der Waals surface area contributed by atoms with Crippen LogP contribution in [-0.2, 0) is 16.0 Å². The summed E-state index contributed by atoms with van der Waals surface area (Å²) < 4.78 is 15.6. The third kappa shape index (κ3) is 3.16. The zero-order valence-electron chi connectivity index (χ0n) is 12.4. The van der Waals surface area contributed by atoms with Crippen LogP contribution in [0.5, 0.6) is 11.5 Å². The van der Waals surface area contributed by atoms with Crippen molar-refractivity contribution < 1.29 is 19.0 Å². The molecule has 0 atom stereocenters. The average Bonchev–Trinajstić information content (AvgIpc) is 2.54. The zero-order valence-corrected chi connectivity index (χ0v) is 12.4. The summed E-state index contributed by atoms with van der Waals surface area (Å²) in [6.07, 6.45) is 0.182. The highest BCUT2D eigenvalue weighted by molar-refractivity contribution is 5.82. The second-order valence-corrected chi connectivity index (χ2v) is 4.45. The van der Waals surface area contributed by atoms with Crippen molar-refractivity contribution in [2.24, 2.45) is 0 Å². The van der Waals surface area contributed by atoms with Crippen LogP contribution in [-0.4, -0.2) is 27.3 Å². The fourth-order valence-electron chi connectivity index (χ4n) is 2.26. The van der Waals surface area contributed by atoms with E-state index in [4.69, 9.17) is 14.2 Å². The van der Waals surface area contributed by atoms with E-state index in [1.165, 1.54) is 7.11 Å². The maximum atomic E-state index is 11.6. The third-order valence-electron chi connectivity index (χ3n) is 3.26. The predicted molar refractivity (Wildman–Crippen MR) is 80.7 cm³/mol. The van der Waals surface area contributed by atoms with Crippen molar-refractivity contribution in [2.75, 3.05) is 21.3 Å². The molecule has 0 heterocycles. The lowest BCUT2D eigenvalue weighted by atomic mass is 9.96. The molecule has 0 unspecified atom stereocenters. The summed E-state index contributed by atoms with van der Waals surface area (Å²) in [4.78, 5) is 11.6. The molecule has 0 amide bonds. The highest BCUT2D eigenvalue weighted by Gasteiger charge is 2.18. The number of hydrogen-bond donors (Lipinski definition) is 0. The molecule has 0 saturated carbocycles. The Kier molecular flexibility index (Phi) is 4.82. The molecule has 0 spiro atoms. The largest absolute Gasteiger partial charge is 0.493 e. The summed E-state index contributed by atoms with van der Waals surface area (Å²) in [7, 11) is 4.56. The molecule has 2 aromatic rings. The van der Waals surface area contributed by atoms with Crippen LogP contribution in [0.25, 0.3) is 11.1 Å². The van der Waals surface area contributed by atoms with Gasteiger partial charge < -0.3 is 14.2 Å². The summed E-state index contributed by atoms with van der Waals surface area (Å²) >= 11 is 0. The van der Waals surface area contributed by atoms with Crippen molar-refractivity contribution in [1.82, 2.24) is 0 Å². The van der Waals surface area contributed by atoms with Crippen LogP contribution in [0.15, 0.2) is 42.5 Å². The molecule has 0 radical (unpaired) electrons. The first-order chi connectivity index (χ1) is 10.2. The van der Waals surface area contributed by atoms with Crippen LogP contribution < -0.4 is 9.47 Å². The van der Waals surface area contributed by atoms with Gasteiger partial charge in [-0.1, -0.05) is 36.4 Å². The summed E-state index contributed by atoms with van der Waals surface area (Å²) in [5.74, 6) is 0.953. The Balaban J connectivity index is 2.63. The predicted octanol–water partition coefficient (Wildman–Crippen LogP) is 3.09. The van der Waals surface area contributed by atoms with Crippen LogP contribution in [0, 0.1) is 0 Å². The lowest BCUT2D eigenvalue weighted by Gasteiger charge is -2.16. The van der Waals surface area contributed by atoms with Crippen LogP contribution in [0.2, 0.25) is 0 Å². The van der Waals surface area contributed by atoms with E-state index in [9.17, 15) is 4.79 Å². The molecule has 0 N–H and O–H groups in total. The van der Waals surface area contributed by atoms with Crippen molar-refractivity contribution in [1.29, 1.82) is 0 Å². The minimum Gasteiger partial charge on any atom is -0.493 e. The Morgan fingerprint density at radius 1 is 0.952 bits per heavy atom. The molecule has 4 nitrogen and oxygen atoms in total. The van der Waals surface area contributed by atoms with Gasteiger partial charge in [0.15, 0.2) is 11.5 Å². The van der Waals surface area contributed by atoms with E-state index in [0.29, 0.717) is 11.5 Å². The van der Waals surface area contributed by atoms with Gasteiger partial charge in [-0.3, -0.25) is 4.79 Å². The highest BCUT2D eigenvalue weighted by atomic mass is 16.5. The van der Waals surface area contributed by atoms with E-state index in [0.717, 1.165) is 16.7 Å². The Hall–Kier alpha value is -2.49. The van der Waals surface area contributed by atoms with E-state index in [1.54, 1.807) is 20.3 Å². The number of hydrogen-bond acceptors (Lipinski definition) is 4. The Labute approximate surface area is 124 Å². The van der Waals surface area contributed by atoms with E-state index in [2.05, 4.69) is 0 Å². The van der Waals surface area contributed by atoms with Gasteiger partial charge in [-0.25, -0.2) is 0 Å². The smallest absolute Gasteiger partial charge is 0.310 e. The van der Waals surface area contributed by atoms with E-state index in [1.807, 2.05) is 36.4 Å². The molecule has 0 aromatic heterocycles. The first kappa shape index (κ1) is 14.9. The topological polar surface area (TPSA) is 44.8 Å². The lowest BCUT2D eigenvalue weighted by molar-refractivity contribution is -0.139. The molecular weight excluding hydrogens is 268 g/mol. The SMILES string of the molecule is COC(=O)Cc1ccc(OC)c(OC)c1-c1ccccc1. The molecule has 0 fully saturated rings. The fourth-order valence-corrected chi connectivity index (χ4v) is 2.26. The van der Waals surface area contributed by atoms with Gasteiger partial charge in [0.1, 0.15) is 0 Å². The minimum atomic E-state index is -0.292. The molecule has 0 bridgehead atoms. The zero-order chi connectivity index (χ0) is 15.2. The molecule has 0 saturated heterocycles. The standard InChI is InChI=1S/C17H18O4/c1-19-14-10-9-13(11-15(18)20-2)16(17(14)21-3)12-7-5-4-6-8-12/h4-10H,11H2,1-3H3. The monoisotopic (exact) mass is 286 g/mol. The summed E-state index contributed by atoms with van der Waals surface area (Å²) in [5.41, 5.74) is 2.65. The lowest BCUT2D eigenvalue weighted by Crippen LogP contribution is -2.07. The summed E-state index contributed by atoms with van der Waals surface area (Å²) in [6.45, 7) is 0. The number of benzene rings is 2. The second kappa shape index (κ2) is 6.79. The number of methoxy groups -OCH3 is 3. The van der Waals surface area contributed by atoms with Gasteiger partial charge in [-0.15, -0.1) is 0 Å². The maximum absolute atomic E-state index is 11.6. The third-order valence-corrected chi connectivity index (χ3v) is 3.26. The van der Waals surface area contributed by atoms with Crippen LogP contribution in [0.1, 0.15) is 5.56 Å². The molecule has 0 aliphatic rings. The van der Waals surface area contributed by atoms with Crippen molar-refractivity contribution in [2.45, 2.75) is 6.42 Å². The minimum absolute atomic E-state index is 0.182. The molecule has 0 aliphatic carbocycles. The molecule has 110 valence electrons. The van der Waals surface area contributed by atoms with Gasteiger partial charge in [0.05, 0.1) is 27.8 Å². The quantitative estimate of drug-likeness (QED) is 0.792.